The maximum atomic E-state index is 12.3. The number of hydrogen-bond donors (Lipinski definition) is 1. The van der Waals surface area contributed by atoms with Crippen LogP contribution in [0.1, 0.15) is 43.4 Å². The van der Waals surface area contributed by atoms with Crippen LogP contribution in [0.3, 0.4) is 0 Å². The van der Waals surface area contributed by atoms with E-state index in [1.807, 2.05) is 13.0 Å². The third-order valence-electron chi connectivity index (χ3n) is 4.16. The number of carbonyl (C=O) groups is 1. The fraction of sp³-hybridized carbons (Fsp3) is 0.409. The third kappa shape index (κ3) is 6.10. The molecular formula is C22H29NO2S. The summed E-state index contributed by atoms with van der Waals surface area (Å²) in [6, 6.07) is 14.6. The number of aryl methyl sites for hydroxylation is 2. The molecule has 0 aliphatic carbocycles. The summed E-state index contributed by atoms with van der Waals surface area (Å²) < 4.78 is 5.96. The lowest BCUT2D eigenvalue weighted by molar-refractivity contribution is -0.127. The smallest absolute Gasteiger partial charge is 0.260 e. The molecule has 26 heavy (non-hydrogen) atoms. The van der Waals surface area contributed by atoms with Crippen LogP contribution >= 0.6 is 11.8 Å². The summed E-state index contributed by atoms with van der Waals surface area (Å²) in [7, 11) is 0. The summed E-state index contributed by atoms with van der Waals surface area (Å²) in [5.74, 6) is 1.91. The quantitative estimate of drug-likeness (QED) is 0.518. The summed E-state index contributed by atoms with van der Waals surface area (Å²) in [5, 5.41) is 2.96. The molecule has 0 aliphatic heterocycles. The molecule has 0 heterocycles. The summed E-state index contributed by atoms with van der Waals surface area (Å²) in [5.41, 5.74) is 3.52. The van der Waals surface area contributed by atoms with Gasteiger partial charge in [-0.25, -0.2) is 0 Å². The highest BCUT2D eigenvalue weighted by Crippen LogP contribution is 2.28. The lowest BCUT2D eigenvalue weighted by Gasteiger charge is -2.19. The largest absolute Gasteiger partial charge is 0.481 e. The van der Waals surface area contributed by atoms with Crippen molar-refractivity contribution < 1.29 is 9.53 Å². The van der Waals surface area contributed by atoms with Crippen LogP contribution < -0.4 is 10.1 Å². The molecule has 0 fully saturated rings. The minimum atomic E-state index is -0.515. The molecule has 3 nitrogen and oxygen atoms in total. The SMILES string of the molecule is Cc1ccc(SCCNC(=O)[C@@H](C)Oc2cc(C)ccc2C(C)C)cc1. The number of carbonyl (C=O) groups excluding carboxylic acids is 1. The van der Waals surface area contributed by atoms with Crippen molar-refractivity contribution in [3.63, 3.8) is 0 Å². The van der Waals surface area contributed by atoms with Gasteiger partial charge in [0.25, 0.3) is 5.91 Å². The summed E-state index contributed by atoms with van der Waals surface area (Å²) in [4.78, 5) is 13.5. The first-order chi connectivity index (χ1) is 12.4. The van der Waals surface area contributed by atoms with Crippen molar-refractivity contribution in [3.8, 4) is 5.75 Å². The van der Waals surface area contributed by atoms with Crippen LogP contribution in [0.25, 0.3) is 0 Å². The van der Waals surface area contributed by atoms with Crippen molar-refractivity contribution in [2.45, 2.75) is 51.5 Å². The van der Waals surface area contributed by atoms with E-state index >= 15 is 0 Å². The van der Waals surface area contributed by atoms with E-state index in [-0.39, 0.29) is 5.91 Å². The van der Waals surface area contributed by atoms with Crippen LogP contribution in [-0.2, 0) is 4.79 Å². The molecule has 140 valence electrons. The van der Waals surface area contributed by atoms with E-state index in [4.69, 9.17) is 4.74 Å². The van der Waals surface area contributed by atoms with Crippen molar-refractivity contribution in [2.24, 2.45) is 0 Å². The van der Waals surface area contributed by atoms with Crippen LogP contribution in [0.4, 0.5) is 0 Å². The molecular weight excluding hydrogens is 342 g/mol. The average Bonchev–Trinajstić information content (AvgIpc) is 2.59. The fourth-order valence-electron chi connectivity index (χ4n) is 2.59. The first kappa shape index (κ1) is 20.4. The van der Waals surface area contributed by atoms with Gasteiger partial charge < -0.3 is 10.1 Å². The summed E-state index contributed by atoms with van der Waals surface area (Å²) in [6.07, 6.45) is -0.515. The maximum Gasteiger partial charge on any atom is 0.260 e. The van der Waals surface area contributed by atoms with Crippen molar-refractivity contribution in [3.05, 3.63) is 59.2 Å². The van der Waals surface area contributed by atoms with Gasteiger partial charge in [-0.1, -0.05) is 43.7 Å². The second kappa shape index (κ2) is 9.67. The Labute approximate surface area is 161 Å². The Bertz CT molecular complexity index is 725. The van der Waals surface area contributed by atoms with Crippen LogP contribution in [-0.4, -0.2) is 24.3 Å². The molecule has 2 rings (SSSR count). The highest BCUT2D eigenvalue weighted by molar-refractivity contribution is 7.99. The highest BCUT2D eigenvalue weighted by Gasteiger charge is 2.17. The highest BCUT2D eigenvalue weighted by atomic mass is 32.2. The van der Waals surface area contributed by atoms with Gasteiger partial charge in [-0.3, -0.25) is 4.79 Å². The van der Waals surface area contributed by atoms with Crippen molar-refractivity contribution in [1.82, 2.24) is 5.32 Å². The van der Waals surface area contributed by atoms with E-state index in [1.165, 1.54) is 10.5 Å². The maximum absolute atomic E-state index is 12.3. The van der Waals surface area contributed by atoms with E-state index in [9.17, 15) is 4.79 Å². The van der Waals surface area contributed by atoms with Gasteiger partial charge in [0.2, 0.25) is 0 Å². The zero-order chi connectivity index (χ0) is 19.1. The van der Waals surface area contributed by atoms with Gasteiger partial charge in [-0.15, -0.1) is 11.8 Å². The van der Waals surface area contributed by atoms with Gasteiger partial charge in [-0.2, -0.15) is 0 Å². The van der Waals surface area contributed by atoms with Gasteiger partial charge in [0.1, 0.15) is 5.75 Å². The van der Waals surface area contributed by atoms with Gasteiger partial charge in [-0.05, 0) is 56.0 Å². The molecule has 1 atom stereocenters. The molecule has 2 aromatic carbocycles. The molecule has 0 saturated heterocycles. The monoisotopic (exact) mass is 371 g/mol. The number of nitrogens with one attached hydrogen (secondary N) is 1. The first-order valence-corrected chi connectivity index (χ1v) is 10.1. The van der Waals surface area contributed by atoms with E-state index < -0.39 is 6.10 Å². The van der Waals surface area contributed by atoms with Crippen LogP contribution in [0, 0.1) is 13.8 Å². The Morgan fingerprint density at radius 1 is 1.04 bits per heavy atom. The van der Waals surface area contributed by atoms with E-state index in [1.54, 1.807) is 18.7 Å². The summed E-state index contributed by atoms with van der Waals surface area (Å²) in [6.45, 7) is 10.8. The molecule has 0 bridgehead atoms. The normalized spacial score (nSPS) is 12.1. The minimum absolute atomic E-state index is 0.0780. The van der Waals surface area contributed by atoms with E-state index in [0.29, 0.717) is 12.5 Å². The molecule has 0 radical (unpaired) electrons. The third-order valence-corrected chi connectivity index (χ3v) is 5.17. The predicted molar refractivity (Wildman–Crippen MR) is 110 cm³/mol. The molecule has 0 aliphatic rings. The zero-order valence-electron chi connectivity index (χ0n) is 16.3. The second-order valence-electron chi connectivity index (χ2n) is 6.91. The number of rotatable bonds is 8. The number of amides is 1. The van der Waals surface area contributed by atoms with Crippen molar-refractivity contribution in [1.29, 1.82) is 0 Å². The molecule has 4 heteroatoms. The summed E-state index contributed by atoms with van der Waals surface area (Å²) >= 11 is 1.74. The van der Waals surface area contributed by atoms with Crippen LogP contribution in [0.5, 0.6) is 5.75 Å². The number of thioether (sulfide) groups is 1. The standard InChI is InChI=1S/C22H29NO2S/c1-15(2)20-11-8-17(4)14-21(20)25-18(5)22(24)23-12-13-26-19-9-6-16(3)7-10-19/h6-11,14-15,18H,12-13H2,1-5H3,(H,23,24)/t18-/m1/s1. The van der Waals surface area contributed by atoms with Gasteiger partial charge in [0, 0.05) is 17.2 Å². The van der Waals surface area contributed by atoms with E-state index in [2.05, 4.69) is 62.5 Å². The molecule has 2 aromatic rings. The Kier molecular flexibility index (Phi) is 7.58. The van der Waals surface area contributed by atoms with Gasteiger partial charge in [0.15, 0.2) is 6.10 Å². The second-order valence-corrected chi connectivity index (χ2v) is 8.08. The number of hydrogen-bond acceptors (Lipinski definition) is 3. The topological polar surface area (TPSA) is 38.3 Å². The lowest BCUT2D eigenvalue weighted by Crippen LogP contribution is -2.37. The lowest BCUT2D eigenvalue weighted by atomic mass is 10.0. The fourth-order valence-corrected chi connectivity index (χ4v) is 3.35. The Morgan fingerprint density at radius 2 is 1.69 bits per heavy atom. The molecule has 1 amide bonds. The van der Waals surface area contributed by atoms with Crippen molar-refractivity contribution >= 4 is 17.7 Å². The van der Waals surface area contributed by atoms with Crippen LogP contribution in [0.2, 0.25) is 0 Å². The van der Waals surface area contributed by atoms with Crippen LogP contribution in [0.15, 0.2) is 47.4 Å². The minimum Gasteiger partial charge on any atom is -0.481 e. The zero-order valence-corrected chi connectivity index (χ0v) is 17.2. The Hall–Kier alpha value is -1.94. The molecule has 0 saturated carbocycles. The van der Waals surface area contributed by atoms with Gasteiger partial charge in [0.05, 0.1) is 0 Å². The molecule has 0 spiro atoms. The predicted octanol–water partition coefficient (Wildman–Crippen LogP) is 5.10. The molecule has 1 N–H and O–H groups in total. The first-order valence-electron chi connectivity index (χ1n) is 9.11. The molecule has 0 aromatic heterocycles. The van der Waals surface area contributed by atoms with Gasteiger partial charge >= 0.3 is 0 Å². The average molecular weight is 372 g/mol. The van der Waals surface area contributed by atoms with Crippen molar-refractivity contribution in [2.75, 3.05) is 12.3 Å². The number of benzene rings is 2. The Morgan fingerprint density at radius 3 is 2.35 bits per heavy atom. The Balaban J connectivity index is 1.82. The number of ether oxygens (including phenoxy) is 1. The molecule has 0 unspecified atom stereocenters. The van der Waals surface area contributed by atoms with E-state index in [0.717, 1.165) is 22.6 Å².